The zero-order valence-corrected chi connectivity index (χ0v) is 9.77. The van der Waals surface area contributed by atoms with Crippen LogP contribution in [0.15, 0.2) is 18.5 Å². The third kappa shape index (κ3) is 2.60. The molecule has 4 nitrogen and oxygen atoms in total. The number of aromatic nitrogens is 2. The van der Waals surface area contributed by atoms with E-state index in [1.165, 1.54) is 0 Å². The molecule has 1 fully saturated rings. The Morgan fingerprint density at radius 3 is 2.33 bits per heavy atom. The van der Waals surface area contributed by atoms with Crippen molar-refractivity contribution < 1.29 is 0 Å². The Balaban J connectivity index is 1.94. The van der Waals surface area contributed by atoms with Gasteiger partial charge in [0.1, 0.15) is 0 Å². The van der Waals surface area contributed by atoms with E-state index < -0.39 is 0 Å². The fourth-order valence-corrected chi connectivity index (χ4v) is 1.98. The minimum atomic E-state index is 0.337. The maximum Gasteiger partial charge on any atom is 0.225 e. The van der Waals surface area contributed by atoms with Gasteiger partial charge in [-0.15, -0.1) is 0 Å². The quantitative estimate of drug-likeness (QED) is 0.756. The van der Waals surface area contributed by atoms with Gasteiger partial charge in [-0.1, -0.05) is 0 Å². The van der Waals surface area contributed by atoms with Gasteiger partial charge in [-0.2, -0.15) is 12.6 Å². The predicted octanol–water partition coefficient (Wildman–Crippen LogP) is 0.874. The molecule has 1 atom stereocenters. The highest BCUT2D eigenvalue weighted by atomic mass is 32.1. The second-order valence-corrected chi connectivity index (χ2v) is 4.45. The van der Waals surface area contributed by atoms with E-state index in [0.717, 1.165) is 32.1 Å². The van der Waals surface area contributed by atoms with Crippen molar-refractivity contribution in [3.63, 3.8) is 0 Å². The Kier molecular flexibility index (Phi) is 3.43. The van der Waals surface area contributed by atoms with Crippen LogP contribution in [0.2, 0.25) is 0 Å². The normalized spacial score (nSPS) is 20.3. The molecule has 0 amide bonds. The second kappa shape index (κ2) is 4.81. The fourth-order valence-electron chi connectivity index (χ4n) is 1.75. The highest BCUT2D eigenvalue weighted by molar-refractivity contribution is 7.80. The third-order valence-electron chi connectivity index (χ3n) is 2.68. The molecule has 82 valence electrons. The Morgan fingerprint density at radius 2 is 1.80 bits per heavy atom. The number of thiol groups is 1. The summed E-state index contributed by atoms with van der Waals surface area (Å²) in [6.07, 6.45) is 3.58. The number of hydrogen-bond donors (Lipinski definition) is 1. The molecule has 15 heavy (non-hydrogen) atoms. The summed E-state index contributed by atoms with van der Waals surface area (Å²) >= 11 is 4.43. The first kappa shape index (κ1) is 10.7. The summed E-state index contributed by atoms with van der Waals surface area (Å²) in [6.45, 7) is 6.13. The van der Waals surface area contributed by atoms with Crippen molar-refractivity contribution in [3.05, 3.63) is 18.5 Å². The van der Waals surface area contributed by atoms with Crippen molar-refractivity contribution in [2.24, 2.45) is 0 Å². The Hall–Kier alpha value is -0.810. The largest absolute Gasteiger partial charge is 0.338 e. The van der Waals surface area contributed by atoms with Crippen molar-refractivity contribution in [2.75, 3.05) is 31.1 Å². The molecule has 1 aromatic heterocycles. The molecular formula is C10H16N4S. The van der Waals surface area contributed by atoms with E-state index in [4.69, 9.17) is 0 Å². The van der Waals surface area contributed by atoms with Crippen LogP contribution >= 0.6 is 12.6 Å². The molecular weight excluding hydrogens is 208 g/mol. The molecule has 1 saturated heterocycles. The monoisotopic (exact) mass is 224 g/mol. The maximum absolute atomic E-state index is 4.43. The highest BCUT2D eigenvalue weighted by Crippen LogP contribution is 2.12. The van der Waals surface area contributed by atoms with E-state index in [2.05, 4.69) is 39.3 Å². The van der Waals surface area contributed by atoms with Gasteiger partial charge in [-0.05, 0) is 13.0 Å². The molecule has 1 aliphatic rings. The Labute approximate surface area is 95.7 Å². The van der Waals surface area contributed by atoms with Crippen molar-refractivity contribution in [3.8, 4) is 0 Å². The first-order chi connectivity index (χ1) is 7.27. The van der Waals surface area contributed by atoms with Gasteiger partial charge in [0.05, 0.1) is 5.37 Å². The number of rotatable bonds is 2. The summed E-state index contributed by atoms with van der Waals surface area (Å²) in [5, 5.41) is 0.337. The zero-order valence-electron chi connectivity index (χ0n) is 8.87. The summed E-state index contributed by atoms with van der Waals surface area (Å²) < 4.78 is 0. The minimum Gasteiger partial charge on any atom is -0.338 e. The Bertz CT molecular complexity index is 296. The summed E-state index contributed by atoms with van der Waals surface area (Å²) in [6, 6.07) is 1.84. The lowest BCUT2D eigenvalue weighted by atomic mass is 10.3. The number of anilines is 1. The van der Waals surface area contributed by atoms with Gasteiger partial charge < -0.3 is 4.90 Å². The SMILES string of the molecule is CC(S)N1CCN(c2ncccn2)CC1. The summed E-state index contributed by atoms with van der Waals surface area (Å²) in [7, 11) is 0. The van der Waals surface area contributed by atoms with Crippen molar-refractivity contribution >= 4 is 18.6 Å². The van der Waals surface area contributed by atoms with Gasteiger partial charge in [0, 0.05) is 38.6 Å². The molecule has 0 aliphatic carbocycles. The summed E-state index contributed by atoms with van der Waals surface area (Å²) in [5.74, 6) is 0.837. The Morgan fingerprint density at radius 1 is 1.20 bits per heavy atom. The first-order valence-electron chi connectivity index (χ1n) is 5.21. The molecule has 1 aromatic rings. The smallest absolute Gasteiger partial charge is 0.225 e. The first-order valence-corrected chi connectivity index (χ1v) is 5.73. The van der Waals surface area contributed by atoms with E-state index in [9.17, 15) is 0 Å². The molecule has 1 unspecified atom stereocenters. The van der Waals surface area contributed by atoms with Crippen LogP contribution in [-0.2, 0) is 0 Å². The van der Waals surface area contributed by atoms with Crippen LogP contribution in [0, 0.1) is 0 Å². The van der Waals surface area contributed by atoms with Crippen LogP contribution in [0.4, 0.5) is 5.95 Å². The number of hydrogen-bond acceptors (Lipinski definition) is 5. The van der Waals surface area contributed by atoms with E-state index in [1.807, 2.05) is 6.07 Å². The van der Waals surface area contributed by atoms with Crippen LogP contribution < -0.4 is 4.90 Å². The van der Waals surface area contributed by atoms with Crippen LogP contribution in [0.25, 0.3) is 0 Å². The van der Waals surface area contributed by atoms with Crippen molar-refractivity contribution in [1.82, 2.24) is 14.9 Å². The van der Waals surface area contributed by atoms with Crippen LogP contribution in [-0.4, -0.2) is 46.4 Å². The molecule has 0 bridgehead atoms. The van der Waals surface area contributed by atoms with E-state index >= 15 is 0 Å². The van der Waals surface area contributed by atoms with E-state index in [-0.39, 0.29) is 0 Å². The van der Waals surface area contributed by atoms with Crippen molar-refractivity contribution in [1.29, 1.82) is 0 Å². The number of piperazine rings is 1. The average Bonchev–Trinajstić information content (AvgIpc) is 2.30. The molecule has 1 aliphatic heterocycles. The lowest BCUT2D eigenvalue weighted by Crippen LogP contribution is -2.48. The summed E-state index contributed by atoms with van der Waals surface area (Å²) in [4.78, 5) is 13.1. The zero-order chi connectivity index (χ0) is 10.7. The molecule has 2 heterocycles. The maximum atomic E-state index is 4.43. The third-order valence-corrected chi connectivity index (χ3v) is 3.00. The van der Waals surface area contributed by atoms with Gasteiger partial charge >= 0.3 is 0 Å². The highest BCUT2D eigenvalue weighted by Gasteiger charge is 2.20. The molecule has 2 rings (SSSR count). The van der Waals surface area contributed by atoms with Crippen LogP contribution in [0.3, 0.4) is 0 Å². The van der Waals surface area contributed by atoms with E-state index in [0.29, 0.717) is 5.37 Å². The molecule has 0 N–H and O–H groups in total. The summed E-state index contributed by atoms with van der Waals surface area (Å²) in [5.41, 5.74) is 0. The minimum absolute atomic E-state index is 0.337. The van der Waals surface area contributed by atoms with Crippen LogP contribution in [0.1, 0.15) is 6.92 Å². The van der Waals surface area contributed by atoms with Gasteiger partial charge in [0.25, 0.3) is 0 Å². The van der Waals surface area contributed by atoms with Gasteiger partial charge in [0.15, 0.2) is 0 Å². The molecule has 5 heteroatoms. The van der Waals surface area contributed by atoms with E-state index in [1.54, 1.807) is 12.4 Å². The van der Waals surface area contributed by atoms with Gasteiger partial charge in [0.2, 0.25) is 5.95 Å². The lowest BCUT2D eigenvalue weighted by Gasteiger charge is -2.36. The van der Waals surface area contributed by atoms with Crippen molar-refractivity contribution in [2.45, 2.75) is 12.3 Å². The number of nitrogens with zero attached hydrogens (tertiary/aromatic N) is 4. The molecule has 0 aromatic carbocycles. The molecule has 0 spiro atoms. The topological polar surface area (TPSA) is 32.3 Å². The lowest BCUT2D eigenvalue weighted by molar-refractivity contribution is 0.251. The second-order valence-electron chi connectivity index (χ2n) is 3.70. The van der Waals surface area contributed by atoms with Gasteiger partial charge in [-0.3, -0.25) is 4.90 Å². The molecule has 0 saturated carbocycles. The van der Waals surface area contributed by atoms with Gasteiger partial charge in [-0.25, -0.2) is 9.97 Å². The molecule has 0 radical (unpaired) electrons. The standard InChI is InChI=1S/C10H16N4S/c1-9(15)13-5-7-14(8-6-13)10-11-3-2-4-12-10/h2-4,9,15H,5-8H2,1H3. The predicted molar refractivity (Wildman–Crippen MR) is 64.3 cm³/mol. The fraction of sp³-hybridized carbons (Fsp3) is 0.600. The van der Waals surface area contributed by atoms with Crippen LogP contribution in [0.5, 0.6) is 0 Å². The average molecular weight is 224 g/mol.